The monoisotopic (exact) mass is 1450 g/mol. The zero-order valence-corrected chi connectivity index (χ0v) is 60.7. The number of benzene rings is 3. The van der Waals surface area contributed by atoms with Crippen LogP contribution in [0.2, 0.25) is 0 Å². The second kappa shape index (κ2) is 40.6. The van der Waals surface area contributed by atoms with Crippen LogP contribution in [0.1, 0.15) is 112 Å². The van der Waals surface area contributed by atoms with Crippen LogP contribution in [0.5, 0.6) is 23.0 Å². The third-order valence-corrected chi connectivity index (χ3v) is 18.2. The van der Waals surface area contributed by atoms with Crippen LogP contribution in [0.25, 0.3) is 5.57 Å². The molecule has 1 saturated carbocycles. The summed E-state index contributed by atoms with van der Waals surface area (Å²) in [5.74, 6) is -0.598. The summed E-state index contributed by atoms with van der Waals surface area (Å²) in [5, 5.41) is 11.1. The first kappa shape index (κ1) is 79.4. The summed E-state index contributed by atoms with van der Waals surface area (Å²) in [7, 11) is 3.05. The number of hydrogen-bond donors (Lipinski definition) is 4. The van der Waals surface area contributed by atoms with Gasteiger partial charge in [-0.05, 0) is 84.9 Å². The number of imide groups is 1. The summed E-state index contributed by atoms with van der Waals surface area (Å²) in [6.07, 6.45) is 11.8. The van der Waals surface area contributed by atoms with Crippen LogP contribution in [-0.4, -0.2) is 245 Å². The first-order chi connectivity index (χ1) is 50.4. The van der Waals surface area contributed by atoms with Gasteiger partial charge >= 0.3 is 0 Å². The highest BCUT2D eigenvalue weighted by molar-refractivity contribution is 6.07. The van der Waals surface area contributed by atoms with E-state index in [1.807, 2.05) is 44.6 Å². The average Bonchev–Trinajstić information content (AvgIpc) is 1.61. The van der Waals surface area contributed by atoms with Gasteiger partial charge in [-0.25, -0.2) is 0 Å². The van der Waals surface area contributed by atoms with Gasteiger partial charge in [-0.1, -0.05) is 39.8 Å². The van der Waals surface area contributed by atoms with Crippen LogP contribution in [0.15, 0.2) is 76.5 Å². The van der Waals surface area contributed by atoms with Crippen LogP contribution in [0, 0.1) is 23.7 Å². The van der Waals surface area contributed by atoms with Gasteiger partial charge in [0, 0.05) is 93.8 Å². The number of fused-ring (bicyclic) bond motifs is 4. The van der Waals surface area contributed by atoms with Gasteiger partial charge in [0.15, 0.2) is 23.0 Å². The number of nitrogens with one attached hydrogen (secondary N) is 4. The van der Waals surface area contributed by atoms with Gasteiger partial charge in [0.05, 0.1) is 168 Å². The molecule has 0 spiro atoms. The summed E-state index contributed by atoms with van der Waals surface area (Å²) in [4.78, 5) is 118. The van der Waals surface area contributed by atoms with Crippen molar-refractivity contribution in [2.45, 2.75) is 110 Å². The van der Waals surface area contributed by atoms with E-state index in [2.05, 4.69) is 21.3 Å². The number of rotatable bonds is 47. The SMILES string of the molecule is COc1cc2c(cc1OCCCOc1cc3c(cc1OC)C(=O)N1C=C(C4CC4)C[C@H]1C=N3)N=C[C@@H]1CC(c3ccc(NC(=O)[C@H](C)NC(=O)[C@@H](NC(=O)CCOCCOCCOCCOCCOCCOCCOCCOCCNC(=O)CCN4C(=O)CC(C(C)C)C4=O)C(C)C)cc3)=CN1C2=O. The number of carbonyl (C=O) groups excluding carboxylic acids is 8. The molecule has 0 aromatic heterocycles. The normalized spacial score (nSPS) is 18.0. The van der Waals surface area contributed by atoms with E-state index in [4.69, 9.17) is 66.8 Å². The van der Waals surface area contributed by atoms with Crippen molar-refractivity contribution >= 4 is 82.3 Å². The third-order valence-electron chi connectivity index (χ3n) is 18.2. The number of methoxy groups -OCH3 is 2. The molecule has 3 aromatic carbocycles. The highest BCUT2D eigenvalue weighted by Gasteiger charge is 2.41. The lowest BCUT2D eigenvalue weighted by Gasteiger charge is -2.24. The number of nitrogens with zero attached hydrogens (tertiary/aromatic N) is 5. The van der Waals surface area contributed by atoms with Crippen molar-refractivity contribution in [3.8, 4) is 23.0 Å². The molecule has 4 N–H and O–H groups in total. The maximum atomic E-state index is 14.2. The van der Waals surface area contributed by atoms with Crippen molar-refractivity contribution in [2.75, 3.05) is 152 Å². The van der Waals surface area contributed by atoms with Gasteiger partial charge in [0.1, 0.15) is 12.1 Å². The molecule has 2 fully saturated rings. The Balaban J connectivity index is 0.561. The van der Waals surface area contributed by atoms with Gasteiger partial charge in [-0.2, -0.15) is 0 Å². The Kier molecular flexibility index (Phi) is 31.0. The number of aliphatic imine (C=N–C) groups is 2. The summed E-state index contributed by atoms with van der Waals surface area (Å²) in [6, 6.07) is 11.7. The van der Waals surface area contributed by atoms with E-state index in [-0.39, 0.29) is 118 Å². The minimum absolute atomic E-state index is 0.0152. The standard InChI is InChI=1S/C75H101N9O20/c1-48(2)58-41-69(87)82(73(58)90)18-15-67(85)76-17-22-96-24-26-98-28-30-100-32-34-102-36-35-101-33-31-99-29-27-97-25-23-95-21-16-68(86)81-70(49(3)4)72(89)79-50(5)71(88)80-55-13-11-52(12-14-55)54-38-57-45-78-62-43-66(64(94-7)40-60(62)75(92)84(57)47-54)104-20-8-19-103-65-42-61-59(39-63(65)93-6)74(91)83-46-53(51-9-10-51)37-56(83)44-77-61/h11-14,39-40,42-51,56-58,70H,8-10,15-38,41H2,1-7H3,(H,76,85)(H,79,89)(H,80,88)(H,81,86)/t50-,56-,57-,58?,70-/m0/s1. The van der Waals surface area contributed by atoms with Gasteiger partial charge in [-0.3, -0.25) is 53.2 Å². The van der Waals surface area contributed by atoms with E-state index in [1.54, 1.807) is 73.2 Å². The van der Waals surface area contributed by atoms with Crippen LogP contribution in [0.4, 0.5) is 17.1 Å². The largest absolute Gasteiger partial charge is 0.493 e. The van der Waals surface area contributed by atoms with E-state index in [0.29, 0.717) is 169 Å². The molecule has 9 rings (SSSR count). The van der Waals surface area contributed by atoms with Crippen LogP contribution < -0.4 is 40.2 Å². The molecule has 1 saturated heterocycles. The third kappa shape index (κ3) is 23.2. The lowest BCUT2D eigenvalue weighted by molar-refractivity contribution is -0.140. The molecule has 104 heavy (non-hydrogen) atoms. The van der Waals surface area contributed by atoms with Crippen LogP contribution >= 0.6 is 0 Å². The number of ether oxygens (including phenoxy) is 12. The molecule has 5 atom stereocenters. The Hall–Kier alpha value is -8.68. The van der Waals surface area contributed by atoms with Crippen LogP contribution in [-0.2, 0) is 66.7 Å². The second-order valence-corrected chi connectivity index (χ2v) is 26.5. The Morgan fingerprint density at radius 3 is 1.53 bits per heavy atom. The van der Waals surface area contributed by atoms with Crippen molar-refractivity contribution in [1.29, 1.82) is 0 Å². The fourth-order valence-electron chi connectivity index (χ4n) is 12.1. The molecular weight excluding hydrogens is 1350 g/mol. The molecule has 1 aliphatic carbocycles. The summed E-state index contributed by atoms with van der Waals surface area (Å²) >= 11 is 0. The Labute approximate surface area is 607 Å². The summed E-state index contributed by atoms with van der Waals surface area (Å²) in [6.45, 7) is 15.6. The van der Waals surface area contributed by atoms with E-state index in [9.17, 15) is 38.4 Å². The number of likely N-dealkylation sites (tertiary alicyclic amines) is 1. The zero-order valence-electron chi connectivity index (χ0n) is 60.7. The maximum absolute atomic E-state index is 14.2. The Morgan fingerprint density at radius 1 is 0.538 bits per heavy atom. The predicted octanol–water partition coefficient (Wildman–Crippen LogP) is 6.39. The number of amides is 8. The molecule has 5 heterocycles. The van der Waals surface area contributed by atoms with Crippen molar-refractivity contribution in [3.05, 3.63) is 83.2 Å². The lowest BCUT2D eigenvalue weighted by atomic mass is 9.94. The van der Waals surface area contributed by atoms with Gasteiger partial charge in [-0.15, -0.1) is 0 Å². The molecule has 29 nitrogen and oxygen atoms in total. The number of hydrogen-bond acceptors (Lipinski definition) is 22. The van der Waals surface area contributed by atoms with Crippen molar-refractivity contribution in [1.82, 2.24) is 30.7 Å². The molecule has 3 aromatic rings. The van der Waals surface area contributed by atoms with Crippen LogP contribution in [0.3, 0.4) is 0 Å². The van der Waals surface area contributed by atoms with E-state index in [1.165, 1.54) is 37.5 Å². The van der Waals surface area contributed by atoms with Crippen molar-refractivity contribution in [3.63, 3.8) is 0 Å². The van der Waals surface area contributed by atoms with Gasteiger partial charge < -0.3 is 87.9 Å². The first-order valence-corrected chi connectivity index (χ1v) is 36.0. The van der Waals surface area contributed by atoms with E-state index >= 15 is 0 Å². The predicted molar refractivity (Wildman–Crippen MR) is 384 cm³/mol. The van der Waals surface area contributed by atoms with Gasteiger partial charge in [0.2, 0.25) is 35.4 Å². The Bertz CT molecular complexity index is 3560. The highest BCUT2D eigenvalue weighted by Crippen LogP contribution is 2.45. The first-order valence-electron chi connectivity index (χ1n) is 36.0. The average molecular weight is 1450 g/mol. The summed E-state index contributed by atoms with van der Waals surface area (Å²) in [5.41, 5.74) is 5.34. The maximum Gasteiger partial charge on any atom is 0.260 e. The lowest BCUT2D eigenvalue weighted by Crippen LogP contribution is -2.53. The molecule has 1 unspecified atom stereocenters. The topological polar surface area (TPSA) is 330 Å². The smallest absolute Gasteiger partial charge is 0.260 e. The molecule has 0 bridgehead atoms. The molecule has 8 amide bonds. The number of anilines is 1. The van der Waals surface area contributed by atoms with E-state index in [0.717, 1.165) is 17.6 Å². The van der Waals surface area contributed by atoms with Gasteiger partial charge in [0.25, 0.3) is 11.8 Å². The highest BCUT2D eigenvalue weighted by atomic mass is 16.6. The molecule has 0 radical (unpaired) electrons. The zero-order chi connectivity index (χ0) is 73.9. The fourth-order valence-corrected chi connectivity index (χ4v) is 12.1. The Morgan fingerprint density at radius 2 is 1.04 bits per heavy atom. The number of carbonyl (C=O) groups is 8. The van der Waals surface area contributed by atoms with Crippen molar-refractivity contribution < 1.29 is 95.2 Å². The second-order valence-electron chi connectivity index (χ2n) is 26.5. The molecular formula is C75H101N9O20. The molecule has 6 aliphatic rings. The van der Waals surface area contributed by atoms with Crippen molar-refractivity contribution in [2.24, 2.45) is 33.7 Å². The summed E-state index contributed by atoms with van der Waals surface area (Å²) < 4.78 is 67.9. The minimum Gasteiger partial charge on any atom is -0.493 e. The minimum atomic E-state index is -0.938. The molecule has 29 heteroatoms. The fraction of sp³-hybridized carbons (Fsp3) is 0.573. The van der Waals surface area contributed by atoms with E-state index < -0.39 is 23.9 Å². The molecule has 5 aliphatic heterocycles. The quantitative estimate of drug-likeness (QED) is 0.0351. The molecule has 566 valence electrons.